The molecule has 1 unspecified atom stereocenters. The molecule has 8 heteroatoms. The molecule has 0 bridgehead atoms. The van der Waals surface area contributed by atoms with E-state index in [1.54, 1.807) is 44.2 Å². The van der Waals surface area contributed by atoms with Crippen LogP contribution in [0.1, 0.15) is 70.0 Å². The summed E-state index contributed by atoms with van der Waals surface area (Å²) >= 11 is 5.86. The summed E-state index contributed by atoms with van der Waals surface area (Å²) in [5.74, 6) is -1.49. The number of unbranched alkanes of at least 4 members (excludes halogenated alkanes) is 1. The predicted octanol–water partition coefficient (Wildman–Crippen LogP) is 4.30. The zero-order valence-corrected chi connectivity index (χ0v) is 18.1. The third-order valence-corrected chi connectivity index (χ3v) is 4.62. The van der Waals surface area contributed by atoms with Crippen LogP contribution >= 0.6 is 11.6 Å². The third-order valence-electron chi connectivity index (χ3n) is 4.22. The highest BCUT2D eigenvalue weighted by Gasteiger charge is 2.20. The van der Waals surface area contributed by atoms with Crippen LogP contribution in [0, 0.1) is 6.92 Å². The molecule has 0 aliphatic rings. The highest BCUT2D eigenvalue weighted by atomic mass is 35.5. The number of halogens is 1. The minimum absolute atomic E-state index is 0.0621. The van der Waals surface area contributed by atoms with Gasteiger partial charge in [0, 0.05) is 17.9 Å². The van der Waals surface area contributed by atoms with E-state index in [-0.39, 0.29) is 16.8 Å². The van der Waals surface area contributed by atoms with Crippen molar-refractivity contribution in [1.82, 2.24) is 10.3 Å². The van der Waals surface area contributed by atoms with Gasteiger partial charge in [0.15, 0.2) is 5.56 Å². The summed E-state index contributed by atoms with van der Waals surface area (Å²) in [6, 6.07) is 9.53. The molecule has 0 radical (unpaired) electrons. The summed E-state index contributed by atoms with van der Waals surface area (Å²) in [5.41, 5.74) is 0.759. The number of nitrogens with one attached hydrogen (secondary N) is 2. The minimum Gasteiger partial charge on any atom is -0.442 e. The number of amides is 2. The van der Waals surface area contributed by atoms with Crippen LogP contribution in [-0.4, -0.2) is 34.9 Å². The van der Waals surface area contributed by atoms with Gasteiger partial charge in [0.25, 0.3) is 11.8 Å². The fourth-order valence-electron chi connectivity index (χ4n) is 2.57. The van der Waals surface area contributed by atoms with E-state index in [0.29, 0.717) is 24.3 Å². The van der Waals surface area contributed by atoms with Gasteiger partial charge in [0.2, 0.25) is 0 Å². The average Bonchev–Trinajstić information content (AvgIpc) is 2.73. The summed E-state index contributed by atoms with van der Waals surface area (Å²) in [5, 5.41) is 5.48. The minimum atomic E-state index is -0.719. The fraction of sp³-hybridized carbons (Fsp3) is 0.364. The molecule has 0 fully saturated rings. The second kappa shape index (κ2) is 11.3. The zero-order chi connectivity index (χ0) is 22.1. The molecule has 1 aromatic heterocycles. The van der Waals surface area contributed by atoms with Crippen molar-refractivity contribution in [2.24, 2.45) is 0 Å². The van der Waals surface area contributed by atoms with Crippen molar-refractivity contribution in [1.29, 1.82) is 0 Å². The van der Waals surface area contributed by atoms with Crippen molar-refractivity contribution >= 4 is 35.1 Å². The van der Waals surface area contributed by atoms with Crippen molar-refractivity contribution < 1.29 is 19.1 Å². The van der Waals surface area contributed by atoms with Gasteiger partial charge in [-0.15, -0.1) is 0 Å². The highest BCUT2D eigenvalue weighted by Crippen LogP contribution is 2.17. The maximum absolute atomic E-state index is 12.8. The largest absolute Gasteiger partial charge is 0.442 e. The van der Waals surface area contributed by atoms with E-state index in [0.717, 1.165) is 12.8 Å². The van der Waals surface area contributed by atoms with Crippen LogP contribution in [0.3, 0.4) is 0 Å². The smallest absolute Gasteiger partial charge is 0.339 e. The Morgan fingerprint density at radius 1 is 1.13 bits per heavy atom. The normalized spacial score (nSPS) is 11.5. The van der Waals surface area contributed by atoms with Crippen molar-refractivity contribution in [3.8, 4) is 0 Å². The lowest BCUT2D eigenvalue weighted by atomic mass is 10.1. The molecular formula is C22H26ClN3O4. The number of rotatable bonds is 9. The molecule has 0 spiro atoms. The summed E-state index contributed by atoms with van der Waals surface area (Å²) in [4.78, 5) is 41.7. The Kier molecular flexibility index (Phi) is 8.80. The van der Waals surface area contributed by atoms with Crippen LogP contribution in [0.15, 0.2) is 36.4 Å². The molecule has 1 aromatic carbocycles. The van der Waals surface area contributed by atoms with E-state index in [1.165, 1.54) is 6.07 Å². The number of carbonyl (C=O) groups excluding carboxylic acids is 3. The van der Waals surface area contributed by atoms with Gasteiger partial charge >= 0.3 is 5.97 Å². The summed E-state index contributed by atoms with van der Waals surface area (Å²) in [6.07, 6.45) is 2.26. The molecule has 2 rings (SSSR count). The molecular weight excluding hydrogens is 406 g/mol. The van der Waals surface area contributed by atoms with Crippen molar-refractivity contribution in [3.05, 3.63) is 58.9 Å². The Balaban J connectivity index is 2.19. The second-order valence-corrected chi connectivity index (χ2v) is 7.20. The highest BCUT2D eigenvalue weighted by molar-refractivity contribution is 6.20. The second-order valence-electron chi connectivity index (χ2n) is 6.72. The number of anilines is 1. The number of benzene rings is 1. The monoisotopic (exact) mass is 431 g/mol. The Morgan fingerprint density at radius 2 is 1.90 bits per heavy atom. The van der Waals surface area contributed by atoms with Crippen LogP contribution in [0.4, 0.5) is 5.69 Å². The number of aromatic nitrogens is 1. The zero-order valence-electron chi connectivity index (χ0n) is 17.3. The Hall–Kier alpha value is -2.93. The molecule has 2 aromatic rings. The van der Waals surface area contributed by atoms with Crippen LogP contribution < -0.4 is 10.6 Å². The van der Waals surface area contributed by atoms with E-state index in [2.05, 4.69) is 15.6 Å². The number of carbonyl (C=O) groups is 3. The summed E-state index contributed by atoms with van der Waals surface area (Å²) in [7, 11) is 0. The molecule has 30 heavy (non-hydrogen) atoms. The van der Waals surface area contributed by atoms with Crippen molar-refractivity contribution in [2.75, 3.05) is 11.9 Å². The number of esters is 1. The van der Waals surface area contributed by atoms with Crippen LogP contribution in [0.25, 0.3) is 0 Å². The van der Waals surface area contributed by atoms with E-state index in [9.17, 15) is 14.4 Å². The standard InChI is InChI=1S/C22H26ClN3O4/c1-4-6-12-24-21(28)19-17(11-10-14(3)25-19)20(27)26-16-9-7-8-15(13-16)22(29)30-18(23)5-2/h7-11,13,18H,4-6,12H2,1-3H3,(H,24,28)(H,26,27). The first-order valence-electron chi connectivity index (χ1n) is 9.88. The van der Waals surface area contributed by atoms with Gasteiger partial charge in [-0.2, -0.15) is 0 Å². The molecule has 1 heterocycles. The van der Waals surface area contributed by atoms with Gasteiger partial charge in [-0.25, -0.2) is 9.78 Å². The molecule has 0 saturated heterocycles. The van der Waals surface area contributed by atoms with Gasteiger partial charge in [-0.1, -0.05) is 37.9 Å². The van der Waals surface area contributed by atoms with Gasteiger partial charge in [0.1, 0.15) is 5.69 Å². The van der Waals surface area contributed by atoms with Gasteiger partial charge in [0.05, 0.1) is 11.1 Å². The fourth-order valence-corrected chi connectivity index (χ4v) is 2.65. The van der Waals surface area contributed by atoms with Gasteiger partial charge in [-0.3, -0.25) is 9.59 Å². The molecule has 2 N–H and O–H groups in total. The Labute approximate surface area is 181 Å². The van der Waals surface area contributed by atoms with Crippen LogP contribution in [0.5, 0.6) is 0 Å². The van der Waals surface area contributed by atoms with E-state index in [1.807, 2.05) is 6.92 Å². The lowest BCUT2D eigenvalue weighted by Gasteiger charge is -2.12. The lowest BCUT2D eigenvalue weighted by molar-refractivity contribution is 0.0443. The molecule has 1 atom stereocenters. The lowest BCUT2D eigenvalue weighted by Crippen LogP contribution is -2.28. The van der Waals surface area contributed by atoms with E-state index >= 15 is 0 Å². The molecule has 160 valence electrons. The average molecular weight is 432 g/mol. The number of nitrogens with zero attached hydrogens (tertiary/aromatic N) is 1. The summed E-state index contributed by atoms with van der Waals surface area (Å²) in [6.45, 7) is 6.08. The first-order valence-corrected chi connectivity index (χ1v) is 10.3. The van der Waals surface area contributed by atoms with Crippen molar-refractivity contribution in [3.63, 3.8) is 0 Å². The van der Waals surface area contributed by atoms with Gasteiger partial charge in [-0.05, 0) is 50.1 Å². The maximum Gasteiger partial charge on any atom is 0.339 e. The molecule has 0 aliphatic carbocycles. The maximum atomic E-state index is 12.8. The first-order chi connectivity index (χ1) is 14.3. The van der Waals surface area contributed by atoms with Crippen molar-refractivity contribution in [2.45, 2.75) is 45.6 Å². The quantitative estimate of drug-likeness (QED) is 0.350. The van der Waals surface area contributed by atoms with Gasteiger partial charge < -0.3 is 15.4 Å². The predicted molar refractivity (Wildman–Crippen MR) is 116 cm³/mol. The topological polar surface area (TPSA) is 97.4 Å². The van der Waals surface area contributed by atoms with E-state index < -0.39 is 23.3 Å². The number of hydrogen-bond acceptors (Lipinski definition) is 5. The number of ether oxygens (including phenoxy) is 1. The number of aryl methyl sites for hydroxylation is 1. The summed E-state index contributed by atoms with van der Waals surface area (Å²) < 4.78 is 5.09. The number of hydrogen-bond donors (Lipinski definition) is 2. The molecule has 0 saturated carbocycles. The molecule has 7 nitrogen and oxygen atoms in total. The Bertz CT molecular complexity index is 917. The Morgan fingerprint density at radius 3 is 2.60 bits per heavy atom. The van der Waals surface area contributed by atoms with E-state index in [4.69, 9.17) is 16.3 Å². The number of pyridine rings is 1. The third kappa shape index (κ3) is 6.56. The molecule has 0 aliphatic heterocycles. The van der Waals surface area contributed by atoms with Crippen LogP contribution in [0.2, 0.25) is 0 Å². The first kappa shape index (κ1) is 23.3. The molecule has 2 amide bonds. The number of alkyl halides is 1. The van der Waals surface area contributed by atoms with Crippen LogP contribution in [-0.2, 0) is 4.74 Å². The SMILES string of the molecule is CCCCNC(=O)c1nc(C)ccc1C(=O)Nc1cccc(C(=O)OC(Cl)CC)c1.